The molecule has 0 aliphatic carbocycles. The van der Waals surface area contributed by atoms with Crippen molar-refractivity contribution in [3.63, 3.8) is 0 Å². The summed E-state index contributed by atoms with van der Waals surface area (Å²) in [4.78, 5) is 22.5. The third kappa shape index (κ3) is 2.84. The van der Waals surface area contributed by atoms with Gasteiger partial charge in [-0.15, -0.1) is 0 Å². The van der Waals surface area contributed by atoms with E-state index in [-0.39, 0.29) is 17.5 Å². The summed E-state index contributed by atoms with van der Waals surface area (Å²) in [5.41, 5.74) is 0.997. The molecular weight excluding hydrogens is 310 g/mol. The molecule has 0 radical (unpaired) electrons. The van der Waals surface area contributed by atoms with Gasteiger partial charge in [-0.1, -0.05) is 0 Å². The van der Waals surface area contributed by atoms with Gasteiger partial charge in [0.1, 0.15) is 23.4 Å². The van der Waals surface area contributed by atoms with Gasteiger partial charge in [0.15, 0.2) is 5.82 Å². The van der Waals surface area contributed by atoms with E-state index in [1.54, 1.807) is 19.2 Å². The monoisotopic (exact) mass is 329 g/mol. The molecule has 1 aliphatic rings. The number of hydrogen-bond acceptors (Lipinski definition) is 7. The second kappa shape index (κ2) is 6.55. The van der Waals surface area contributed by atoms with Gasteiger partial charge in [0.25, 0.3) is 0 Å². The Labute approximate surface area is 138 Å². The summed E-state index contributed by atoms with van der Waals surface area (Å²) < 4.78 is 6.99. The molecule has 0 saturated carbocycles. The van der Waals surface area contributed by atoms with Gasteiger partial charge in [0, 0.05) is 26.7 Å². The number of rotatable bonds is 3. The molecule has 8 heteroatoms. The van der Waals surface area contributed by atoms with Crippen LogP contribution in [0.25, 0.3) is 11.0 Å². The fraction of sp³-hybridized carbons (Fsp3) is 0.500. The number of pyridine rings is 1. The van der Waals surface area contributed by atoms with Crippen molar-refractivity contribution in [2.75, 3.05) is 24.6 Å². The topological polar surface area (TPSA) is 104 Å². The summed E-state index contributed by atoms with van der Waals surface area (Å²) in [7, 11) is 1.62. The SMILES string of the molecule is CCOC1CN(c2nc(=O)n(C)c3ccc(C#N)nc23)CCC1O. The van der Waals surface area contributed by atoms with Crippen molar-refractivity contribution in [3.8, 4) is 6.07 Å². The van der Waals surface area contributed by atoms with Crippen LogP contribution in [0.5, 0.6) is 0 Å². The van der Waals surface area contributed by atoms with Gasteiger partial charge in [-0.3, -0.25) is 4.57 Å². The standard InChI is InChI=1S/C16H19N5O3/c1-3-24-13-9-21(7-6-12(13)22)15-14-11(20(2)16(23)19-15)5-4-10(8-17)18-14/h4-5,12-13,22H,3,6-7,9H2,1-2H3. The smallest absolute Gasteiger partial charge is 0.349 e. The quantitative estimate of drug-likeness (QED) is 0.856. The Morgan fingerprint density at radius 1 is 1.46 bits per heavy atom. The van der Waals surface area contributed by atoms with Crippen LogP contribution in [0.3, 0.4) is 0 Å². The number of anilines is 1. The first kappa shape index (κ1) is 16.4. The van der Waals surface area contributed by atoms with E-state index in [4.69, 9.17) is 10.00 Å². The predicted octanol–water partition coefficient (Wildman–Crippen LogP) is 0.176. The Morgan fingerprint density at radius 3 is 2.96 bits per heavy atom. The number of aliphatic hydroxyl groups excluding tert-OH is 1. The van der Waals surface area contributed by atoms with E-state index in [2.05, 4.69) is 9.97 Å². The second-order valence-electron chi connectivity index (χ2n) is 5.75. The van der Waals surface area contributed by atoms with E-state index >= 15 is 0 Å². The highest BCUT2D eigenvalue weighted by atomic mass is 16.5. The van der Waals surface area contributed by atoms with E-state index in [0.717, 1.165) is 0 Å². The van der Waals surface area contributed by atoms with Gasteiger partial charge in [-0.25, -0.2) is 9.78 Å². The molecule has 0 amide bonds. The Morgan fingerprint density at radius 2 is 2.25 bits per heavy atom. The molecule has 1 fully saturated rings. The lowest BCUT2D eigenvalue weighted by molar-refractivity contribution is -0.0399. The van der Waals surface area contributed by atoms with Crippen LogP contribution in [0, 0.1) is 11.3 Å². The van der Waals surface area contributed by atoms with Crippen LogP contribution in [0.2, 0.25) is 0 Å². The molecule has 0 aromatic carbocycles. The van der Waals surface area contributed by atoms with E-state index in [1.807, 2.05) is 17.9 Å². The molecule has 3 heterocycles. The van der Waals surface area contributed by atoms with Crippen LogP contribution >= 0.6 is 0 Å². The maximum absolute atomic E-state index is 12.2. The number of aliphatic hydroxyl groups is 1. The molecule has 1 N–H and O–H groups in total. The molecule has 2 unspecified atom stereocenters. The van der Waals surface area contributed by atoms with E-state index in [9.17, 15) is 9.90 Å². The molecule has 24 heavy (non-hydrogen) atoms. The van der Waals surface area contributed by atoms with E-state index < -0.39 is 6.10 Å². The van der Waals surface area contributed by atoms with Gasteiger partial charge >= 0.3 is 5.69 Å². The lowest BCUT2D eigenvalue weighted by atomic mass is 10.0. The van der Waals surface area contributed by atoms with Crippen molar-refractivity contribution >= 4 is 16.9 Å². The Kier molecular flexibility index (Phi) is 4.46. The van der Waals surface area contributed by atoms with Crippen molar-refractivity contribution < 1.29 is 9.84 Å². The number of aromatic nitrogens is 3. The molecular formula is C16H19N5O3. The van der Waals surface area contributed by atoms with Gasteiger partial charge in [-0.05, 0) is 25.5 Å². The average Bonchev–Trinajstić information content (AvgIpc) is 2.60. The zero-order valence-electron chi connectivity index (χ0n) is 13.6. The first-order chi connectivity index (χ1) is 11.5. The van der Waals surface area contributed by atoms with Crippen molar-refractivity contribution in [2.24, 2.45) is 7.05 Å². The fourth-order valence-electron chi connectivity index (χ4n) is 2.97. The van der Waals surface area contributed by atoms with E-state index in [1.165, 1.54) is 4.57 Å². The molecule has 1 aliphatic heterocycles. The van der Waals surface area contributed by atoms with Crippen molar-refractivity contribution in [3.05, 3.63) is 28.3 Å². The lowest BCUT2D eigenvalue weighted by Crippen LogP contribution is -2.49. The molecule has 0 spiro atoms. The minimum absolute atomic E-state index is 0.266. The molecule has 1 saturated heterocycles. The molecule has 0 bridgehead atoms. The number of nitriles is 1. The van der Waals surface area contributed by atoms with Crippen molar-refractivity contribution in [1.82, 2.24) is 14.5 Å². The molecule has 2 aromatic heterocycles. The number of ether oxygens (including phenoxy) is 1. The lowest BCUT2D eigenvalue weighted by Gasteiger charge is -2.36. The summed E-state index contributed by atoms with van der Waals surface area (Å²) in [5, 5.41) is 19.2. The van der Waals surface area contributed by atoms with Gasteiger partial charge in [-0.2, -0.15) is 10.2 Å². The molecule has 2 atom stereocenters. The van der Waals surface area contributed by atoms with Crippen LogP contribution in [-0.4, -0.2) is 51.5 Å². The molecule has 3 rings (SSSR count). The minimum Gasteiger partial charge on any atom is -0.390 e. The third-order valence-electron chi connectivity index (χ3n) is 4.25. The first-order valence-electron chi connectivity index (χ1n) is 7.87. The Bertz CT molecular complexity index is 857. The maximum Gasteiger partial charge on any atom is 0.349 e. The first-order valence-corrected chi connectivity index (χ1v) is 7.87. The average molecular weight is 329 g/mol. The minimum atomic E-state index is -0.540. The number of nitrogens with zero attached hydrogens (tertiary/aromatic N) is 5. The van der Waals surface area contributed by atoms with Crippen molar-refractivity contribution in [2.45, 2.75) is 25.6 Å². The second-order valence-corrected chi connectivity index (χ2v) is 5.75. The highest BCUT2D eigenvalue weighted by Gasteiger charge is 2.30. The Hall–Kier alpha value is -2.50. The van der Waals surface area contributed by atoms with E-state index in [0.29, 0.717) is 43.0 Å². The predicted molar refractivity (Wildman–Crippen MR) is 87.7 cm³/mol. The normalized spacial score (nSPS) is 21.0. The maximum atomic E-state index is 12.2. The van der Waals surface area contributed by atoms with Gasteiger partial charge in [0.2, 0.25) is 0 Å². The summed E-state index contributed by atoms with van der Waals surface area (Å²) >= 11 is 0. The molecule has 8 nitrogen and oxygen atoms in total. The Balaban J connectivity index is 2.10. The van der Waals surface area contributed by atoms with Gasteiger partial charge < -0.3 is 14.7 Å². The number of piperidine rings is 1. The van der Waals surface area contributed by atoms with Crippen LogP contribution in [0.1, 0.15) is 19.0 Å². The zero-order valence-corrected chi connectivity index (χ0v) is 13.6. The number of hydrogen-bond donors (Lipinski definition) is 1. The van der Waals surface area contributed by atoms with Crippen LogP contribution in [0.15, 0.2) is 16.9 Å². The molecule has 2 aromatic rings. The number of aryl methyl sites for hydroxylation is 1. The zero-order chi connectivity index (χ0) is 17.3. The fourth-order valence-corrected chi connectivity index (χ4v) is 2.97. The van der Waals surface area contributed by atoms with Crippen LogP contribution in [-0.2, 0) is 11.8 Å². The third-order valence-corrected chi connectivity index (χ3v) is 4.25. The molecule has 126 valence electrons. The summed E-state index contributed by atoms with van der Waals surface area (Å²) in [6.45, 7) is 3.33. The largest absolute Gasteiger partial charge is 0.390 e. The summed E-state index contributed by atoms with van der Waals surface area (Å²) in [5.74, 6) is 0.432. The van der Waals surface area contributed by atoms with Gasteiger partial charge in [0.05, 0.1) is 11.6 Å². The summed E-state index contributed by atoms with van der Waals surface area (Å²) in [6.07, 6.45) is -0.369. The van der Waals surface area contributed by atoms with Crippen molar-refractivity contribution in [1.29, 1.82) is 5.26 Å². The summed E-state index contributed by atoms with van der Waals surface area (Å²) in [6, 6.07) is 5.29. The highest BCUT2D eigenvalue weighted by Crippen LogP contribution is 2.25. The van der Waals surface area contributed by atoms with Crippen LogP contribution < -0.4 is 10.6 Å². The number of fused-ring (bicyclic) bond motifs is 1. The highest BCUT2D eigenvalue weighted by molar-refractivity contribution is 5.86. The van der Waals surface area contributed by atoms with Crippen LogP contribution in [0.4, 0.5) is 5.82 Å².